The summed E-state index contributed by atoms with van der Waals surface area (Å²) in [6.45, 7) is -0.119. The van der Waals surface area contributed by atoms with Crippen molar-refractivity contribution in [3.05, 3.63) is 45.5 Å². The van der Waals surface area contributed by atoms with Gasteiger partial charge in [-0.15, -0.1) is 0 Å². The van der Waals surface area contributed by atoms with Crippen LogP contribution in [0.15, 0.2) is 34.2 Å². The highest BCUT2D eigenvalue weighted by molar-refractivity contribution is 5.75. The Morgan fingerprint density at radius 2 is 2.00 bits per heavy atom. The predicted molar refractivity (Wildman–Crippen MR) is 93.1 cm³/mol. The van der Waals surface area contributed by atoms with Gasteiger partial charge in [-0.2, -0.15) is 5.10 Å². The molecule has 1 aliphatic carbocycles. The molecule has 0 atom stereocenters. The molecule has 27 heavy (non-hydrogen) atoms. The second-order valence-corrected chi connectivity index (χ2v) is 7.29. The highest BCUT2D eigenvalue weighted by Crippen LogP contribution is 2.57. The fraction of sp³-hybridized carbons (Fsp3) is 0.412. The van der Waals surface area contributed by atoms with Crippen molar-refractivity contribution in [3.8, 4) is 11.3 Å². The molecule has 0 aromatic carbocycles. The first-order chi connectivity index (χ1) is 12.9. The predicted octanol–water partition coefficient (Wildman–Crippen LogP) is 1.40. The van der Waals surface area contributed by atoms with Crippen LogP contribution in [0.2, 0.25) is 0 Å². The van der Waals surface area contributed by atoms with Crippen molar-refractivity contribution in [2.75, 3.05) is 18.0 Å². The number of fused-ring (bicyclic) bond motifs is 1. The average molecular weight is 374 g/mol. The fourth-order valence-corrected chi connectivity index (χ4v) is 4.11. The largest absolute Gasteiger partial charge is 0.348 e. The third-order valence-electron chi connectivity index (χ3n) is 5.73. The summed E-state index contributed by atoms with van der Waals surface area (Å²) >= 11 is 0. The molecule has 2 fully saturated rings. The Bertz CT molecular complexity index is 1160. The van der Waals surface area contributed by atoms with E-state index in [-0.39, 0.29) is 18.7 Å². The molecule has 4 heterocycles. The molecule has 2 N–H and O–H groups in total. The molecule has 1 saturated carbocycles. The van der Waals surface area contributed by atoms with E-state index in [0.29, 0.717) is 29.9 Å². The summed E-state index contributed by atoms with van der Waals surface area (Å²) in [5.41, 5.74) is -1.10. The van der Waals surface area contributed by atoms with Gasteiger partial charge in [0.05, 0.1) is 17.5 Å². The van der Waals surface area contributed by atoms with E-state index in [1.165, 1.54) is 16.9 Å². The lowest BCUT2D eigenvalue weighted by Crippen LogP contribution is -2.45. The van der Waals surface area contributed by atoms with Gasteiger partial charge in [-0.05, 0) is 18.9 Å². The molecule has 8 nitrogen and oxygen atoms in total. The van der Waals surface area contributed by atoms with Crippen molar-refractivity contribution in [2.24, 2.45) is 5.41 Å². The van der Waals surface area contributed by atoms with Crippen molar-refractivity contribution in [2.45, 2.75) is 25.2 Å². The van der Waals surface area contributed by atoms with Crippen LogP contribution in [0, 0.1) is 5.41 Å². The van der Waals surface area contributed by atoms with Gasteiger partial charge in [0.15, 0.2) is 5.82 Å². The van der Waals surface area contributed by atoms with Crippen LogP contribution in [0.5, 0.6) is 0 Å². The van der Waals surface area contributed by atoms with Crippen LogP contribution in [0.4, 0.5) is 14.6 Å². The van der Waals surface area contributed by atoms with Gasteiger partial charge >= 0.3 is 5.69 Å². The van der Waals surface area contributed by atoms with Gasteiger partial charge in [0.1, 0.15) is 11.2 Å². The van der Waals surface area contributed by atoms with E-state index < -0.39 is 22.6 Å². The van der Waals surface area contributed by atoms with E-state index in [4.69, 9.17) is 0 Å². The molecule has 0 amide bonds. The van der Waals surface area contributed by atoms with E-state index >= 15 is 0 Å². The lowest BCUT2D eigenvalue weighted by molar-refractivity contribution is -0.122. The molecule has 0 radical (unpaired) electrons. The first kappa shape index (κ1) is 16.2. The molecule has 2 aliphatic rings. The molecule has 3 aromatic heterocycles. The molecular weight excluding hydrogens is 358 g/mol. The monoisotopic (exact) mass is 374 g/mol. The van der Waals surface area contributed by atoms with E-state index in [2.05, 4.69) is 20.1 Å². The Morgan fingerprint density at radius 3 is 2.67 bits per heavy atom. The fourth-order valence-electron chi connectivity index (χ4n) is 4.11. The molecular formula is C17H16F2N6O2. The van der Waals surface area contributed by atoms with Crippen LogP contribution in [0.1, 0.15) is 19.3 Å². The smallest absolute Gasteiger partial charge is 0.325 e. The van der Waals surface area contributed by atoms with Crippen LogP contribution in [0.25, 0.3) is 16.8 Å². The summed E-state index contributed by atoms with van der Waals surface area (Å²) < 4.78 is 30.6. The summed E-state index contributed by atoms with van der Waals surface area (Å²) in [7, 11) is 0. The topological polar surface area (TPSA) is 99.2 Å². The summed E-state index contributed by atoms with van der Waals surface area (Å²) in [6.07, 6.45) is 6.25. The number of aromatic nitrogens is 5. The van der Waals surface area contributed by atoms with Gasteiger partial charge < -0.3 is 9.88 Å². The van der Waals surface area contributed by atoms with Gasteiger partial charge in [-0.1, -0.05) is 6.42 Å². The van der Waals surface area contributed by atoms with Gasteiger partial charge in [0.25, 0.3) is 11.5 Å². The van der Waals surface area contributed by atoms with Crippen LogP contribution in [-0.4, -0.2) is 43.6 Å². The van der Waals surface area contributed by atoms with Crippen LogP contribution >= 0.6 is 0 Å². The van der Waals surface area contributed by atoms with Gasteiger partial charge in [-0.25, -0.2) is 23.1 Å². The minimum Gasteiger partial charge on any atom is -0.348 e. The van der Waals surface area contributed by atoms with Gasteiger partial charge in [0, 0.05) is 25.1 Å². The first-order valence-corrected chi connectivity index (χ1v) is 8.68. The number of alkyl halides is 2. The lowest BCUT2D eigenvalue weighted by Gasteiger charge is -2.41. The molecule has 0 bridgehead atoms. The van der Waals surface area contributed by atoms with Gasteiger partial charge in [-0.3, -0.25) is 9.78 Å². The molecule has 1 spiro atoms. The standard InChI is InChI=1S/C17H16F2N6O2/c18-17(19)9-24(8-16(17)2-1-3-16)13-12-6-11(23-25(12)5-4-20-13)10-7-21-15(27)22-14(10)26/h4-7H,1-3,8-9H2,(H2,21,22,26,27). The minimum atomic E-state index is -2.75. The highest BCUT2D eigenvalue weighted by atomic mass is 19.3. The average Bonchev–Trinajstić information content (AvgIpc) is 3.12. The van der Waals surface area contributed by atoms with E-state index in [1.807, 2.05) is 0 Å². The summed E-state index contributed by atoms with van der Waals surface area (Å²) in [5.74, 6) is -2.33. The maximum atomic E-state index is 14.6. The van der Waals surface area contributed by atoms with Crippen LogP contribution < -0.4 is 16.1 Å². The highest BCUT2D eigenvalue weighted by Gasteiger charge is 2.63. The van der Waals surface area contributed by atoms with Crippen molar-refractivity contribution in [3.63, 3.8) is 0 Å². The Morgan fingerprint density at radius 1 is 1.19 bits per heavy atom. The minimum absolute atomic E-state index is 0.187. The number of halogens is 2. The van der Waals surface area contributed by atoms with Gasteiger partial charge in [0.2, 0.25) is 0 Å². The van der Waals surface area contributed by atoms with Crippen LogP contribution in [-0.2, 0) is 0 Å². The Balaban J connectivity index is 1.60. The number of aromatic amines is 2. The molecule has 0 unspecified atom stereocenters. The van der Waals surface area contributed by atoms with E-state index in [1.54, 1.807) is 17.2 Å². The van der Waals surface area contributed by atoms with Crippen molar-refractivity contribution in [1.82, 2.24) is 24.6 Å². The third kappa shape index (κ3) is 2.25. The molecule has 140 valence electrons. The summed E-state index contributed by atoms with van der Waals surface area (Å²) in [4.78, 5) is 33.7. The first-order valence-electron chi connectivity index (χ1n) is 8.68. The Labute approximate surface area is 150 Å². The number of nitrogens with one attached hydrogen (secondary N) is 2. The quantitative estimate of drug-likeness (QED) is 0.706. The third-order valence-corrected chi connectivity index (χ3v) is 5.73. The molecule has 5 rings (SSSR count). The number of hydrogen-bond acceptors (Lipinski definition) is 5. The maximum Gasteiger partial charge on any atom is 0.325 e. The Kier molecular flexibility index (Phi) is 3.14. The van der Waals surface area contributed by atoms with Crippen molar-refractivity contribution >= 4 is 11.3 Å². The normalized spacial score (nSPS) is 20.3. The summed E-state index contributed by atoms with van der Waals surface area (Å²) in [6, 6.07) is 1.62. The maximum absolute atomic E-state index is 14.6. The molecule has 10 heteroatoms. The van der Waals surface area contributed by atoms with Crippen molar-refractivity contribution in [1.29, 1.82) is 0 Å². The number of hydrogen-bond donors (Lipinski definition) is 2. The summed E-state index contributed by atoms with van der Waals surface area (Å²) in [5, 5.41) is 4.33. The zero-order chi connectivity index (χ0) is 18.8. The number of H-pyrrole nitrogens is 2. The van der Waals surface area contributed by atoms with E-state index in [0.717, 1.165) is 6.42 Å². The second kappa shape index (κ2) is 5.24. The number of rotatable bonds is 2. The molecule has 1 saturated heterocycles. The number of nitrogens with zero attached hydrogens (tertiary/aromatic N) is 4. The van der Waals surface area contributed by atoms with E-state index in [9.17, 15) is 18.4 Å². The van der Waals surface area contributed by atoms with Crippen LogP contribution in [0.3, 0.4) is 0 Å². The second-order valence-electron chi connectivity index (χ2n) is 7.29. The Hall–Kier alpha value is -3.04. The molecule has 1 aliphatic heterocycles. The lowest BCUT2D eigenvalue weighted by atomic mass is 9.66. The zero-order valence-corrected chi connectivity index (χ0v) is 14.2. The zero-order valence-electron chi connectivity index (χ0n) is 14.2. The number of anilines is 1. The SMILES string of the molecule is O=c1[nH]cc(-c2cc3c(N4CC(F)(F)C5(CCC5)C4)nccn3n2)c(=O)[nH]1. The van der Waals surface area contributed by atoms with Crippen molar-refractivity contribution < 1.29 is 8.78 Å². The molecule has 3 aromatic rings.